The van der Waals surface area contributed by atoms with Gasteiger partial charge in [0.25, 0.3) is 0 Å². The molecule has 26 heavy (non-hydrogen) atoms. The fraction of sp³-hybridized carbons (Fsp3) is 0.417. The van der Waals surface area contributed by atoms with E-state index in [-0.39, 0.29) is 0 Å². The predicted octanol–water partition coefficient (Wildman–Crippen LogP) is 5.93. The first-order chi connectivity index (χ1) is 12.7. The van der Waals surface area contributed by atoms with Crippen LogP contribution in [0, 0.1) is 0 Å². The molecule has 3 aromatic carbocycles. The van der Waals surface area contributed by atoms with Gasteiger partial charge in [-0.15, -0.1) is 0 Å². The number of nitrogens with zero attached hydrogens (tertiary/aromatic N) is 1. The van der Waals surface area contributed by atoms with Gasteiger partial charge in [0.05, 0.1) is 6.10 Å². The van der Waals surface area contributed by atoms with E-state index in [0.717, 1.165) is 18.7 Å². The van der Waals surface area contributed by atoms with E-state index >= 15 is 0 Å². The van der Waals surface area contributed by atoms with Crippen LogP contribution >= 0.6 is 0 Å². The summed E-state index contributed by atoms with van der Waals surface area (Å²) >= 11 is 0. The lowest BCUT2D eigenvalue weighted by molar-refractivity contribution is 0.113. The van der Waals surface area contributed by atoms with E-state index in [9.17, 15) is 5.11 Å². The van der Waals surface area contributed by atoms with E-state index in [2.05, 4.69) is 73.3 Å². The van der Waals surface area contributed by atoms with Crippen LogP contribution in [0.15, 0.2) is 54.6 Å². The van der Waals surface area contributed by atoms with Gasteiger partial charge in [0.15, 0.2) is 0 Å². The van der Waals surface area contributed by atoms with Gasteiger partial charge in [0, 0.05) is 6.54 Å². The molecule has 0 heterocycles. The third-order valence-electron chi connectivity index (χ3n) is 5.23. The summed E-state index contributed by atoms with van der Waals surface area (Å²) in [6.45, 7) is 7.30. The van der Waals surface area contributed by atoms with Gasteiger partial charge in [-0.1, -0.05) is 75.2 Å². The molecule has 0 aromatic heterocycles. The zero-order valence-electron chi connectivity index (χ0n) is 16.1. The van der Waals surface area contributed by atoms with Crippen LogP contribution in [0.4, 0.5) is 0 Å². The first-order valence-corrected chi connectivity index (χ1v) is 10.1. The maximum Gasteiger partial charge on any atom is 0.0928 e. The minimum absolute atomic E-state index is 0.472. The summed E-state index contributed by atoms with van der Waals surface area (Å²) < 4.78 is 0. The molecule has 1 N–H and O–H groups in total. The summed E-state index contributed by atoms with van der Waals surface area (Å²) in [7, 11) is 0. The highest BCUT2D eigenvalue weighted by Crippen LogP contribution is 2.33. The lowest BCUT2D eigenvalue weighted by Gasteiger charge is -2.26. The molecule has 3 rings (SSSR count). The molecule has 1 atom stereocenters. The molecule has 0 aliphatic carbocycles. The Kier molecular flexibility index (Phi) is 6.65. The first kappa shape index (κ1) is 18.9. The highest BCUT2D eigenvalue weighted by Gasteiger charge is 2.18. The monoisotopic (exact) mass is 349 g/mol. The zero-order valence-corrected chi connectivity index (χ0v) is 16.1. The van der Waals surface area contributed by atoms with Crippen LogP contribution in [0.2, 0.25) is 0 Å². The van der Waals surface area contributed by atoms with Crippen molar-refractivity contribution >= 4 is 21.5 Å². The maximum atomic E-state index is 11.2. The SMILES string of the molecule is CCCCN(CCCC)CC(O)c1c2ccccc2cc2ccccc12. The second-order valence-electron chi connectivity index (χ2n) is 7.26. The van der Waals surface area contributed by atoms with Crippen molar-refractivity contribution in [3.05, 3.63) is 60.2 Å². The molecule has 0 radical (unpaired) electrons. The minimum atomic E-state index is -0.472. The van der Waals surface area contributed by atoms with Crippen LogP contribution in [-0.2, 0) is 0 Å². The Labute approximate surface area is 157 Å². The Morgan fingerprint density at radius 3 is 1.81 bits per heavy atom. The largest absolute Gasteiger partial charge is 0.387 e. The number of hydrogen-bond acceptors (Lipinski definition) is 2. The van der Waals surface area contributed by atoms with E-state index in [4.69, 9.17) is 0 Å². The molecule has 0 aliphatic heterocycles. The summed E-state index contributed by atoms with van der Waals surface area (Å²) in [5, 5.41) is 16.0. The van der Waals surface area contributed by atoms with Gasteiger partial charge in [0.2, 0.25) is 0 Å². The summed E-state index contributed by atoms with van der Waals surface area (Å²) in [6.07, 6.45) is 4.28. The van der Waals surface area contributed by atoms with E-state index in [1.807, 2.05) is 0 Å². The van der Waals surface area contributed by atoms with Gasteiger partial charge in [-0.25, -0.2) is 0 Å². The number of hydrogen-bond donors (Lipinski definition) is 1. The van der Waals surface area contributed by atoms with Crippen LogP contribution in [0.25, 0.3) is 21.5 Å². The second-order valence-corrected chi connectivity index (χ2v) is 7.26. The Hall–Kier alpha value is -1.90. The number of aliphatic hydroxyl groups excluding tert-OH is 1. The Morgan fingerprint density at radius 1 is 0.808 bits per heavy atom. The third-order valence-corrected chi connectivity index (χ3v) is 5.23. The number of aliphatic hydroxyl groups is 1. The van der Waals surface area contributed by atoms with Crippen molar-refractivity contribution < 1.29 is 5.11 Å². The quantitative estimate of drug-likeness (QED) is 0.484. The summed E-state index contributed by atoms with van der Waals surface area (Å²) in [5.74, 6) is 0. The second kappa shape index (κ2) is 9.16. The van der Waals surface area contributed by atoms with Crippen LogP contribution in [0.1, 0.15) is 51.2 Å². The molecule has 0 fully saturated rings. The molecule has 0 spiro atoms. The van der Waals surface area contributed by atoms with Crippen molar-refractivity contribution in [3.8, 4) is 0 Å². The van der Waals surface area contributed by atoms with Crippen molar-refractivity contribution in [2.45, 2.75) is 45.6 Å². The minimum Gasteiger partial charge on any atom is -0.387 e. The molecule has 0 saturated carbocycles. The highest BCUT2D eigenvalue weighted by molar-refractivity contribution is 6.02. The Bertz CT molecular complexity index is 780. The summed E-state index contributed by atoms with van der Waals surface area (Å²) in [6, 6.07) is 19.1. The van der Waals surface area contributed by atoms with Crippen molar-refractivity contribution in [1.29, 1.82) is 0 Å². The van der Waals surface area contributed by atoms with Gasteiger partial charge < -0.3 is 10.0 Å². The molecule has 0 bridgehead atoms. The maximum absolute atomic E-state index is 11.2. The molecule has 1 unspecified atom stereocenters. The topological polar surface area (TPSA) is 23.5 Å². The van der Waals surface area contributed by atoms with Crippen molar-refractivity contribution in [2.24, 2.45) is 0 Å². The van der Waals surface area contributed by atoms with Crippen LogP contribution in [0.3, 0.4) is 0 Å². The normalized spacial score (nSPS) is 12.9. The van der Waals surface area contributed by atoms with E-state index < -0.39 is 6.10 Å². The number of benzene rings is 3. The number of fused-ring (bicyclic) bond motifs is 2. The van der Waals surface area contributed by atoms with Gasteiger partial charge in [0.1, 0.15) is 0 Å². The molecule has 0 aliphatic rings. The van der Waals surface area contributed by atoms with E-state index in [1.54, 1.807) is 0 Å². The molecule has 138 valence electrons. The lowest BCUT2D eigenvalue weighted by Crippen LogP contribution is -2.31. The van der Waals surface area contributed by atoms with Crippen molar-refractivity contribution in [2.75, 3.05) is 19.6 Å². The van der Waals surface area contributed by atoms with E-state index in [0.29, 0.717) is 6.54 Å². The number of rotatable bonds is 9. The van der Waals surface area contributed by atoms with Gasteiger partial charge in [-0.2, -0.15) is 0 Å². The summed E-state index contributed by atoms with van der Waals surface area (Å²) in [4.78, 5) is 2.44. The molecular formula is C24H31NO. The average molecular weight is 350 g/mol. The highest BCUT2D eigenvalue weighted by atomic mass is 16.3. The average Bonchev–Trinajstić information content (AvgIpc) is 2.67. The van der Waals surface area contributed by atoms with Crippen LogP contribution < -0.4 is 0 Å². The lowest BCUT2D eigenvalue weighted by atomic mass is 9.93. The predicted molar refractivity (Wildman–Crippen MR) is 113 cm³/mol. The molecule has 3 aromatic rings. The Morgan fingerprint density at radius 2 is 1.31 bits per heavy atom. The fourth-order valence-corrected chi connectivity index (χ4v) is 3.80. The van der Waals surface area contributed by atoms with Gasteiger partial charge >= 0.3 is 0 Å². The molecule has 0 saturated heterocycles. The van der Waals surface area contributed by atoms with Crippen molar-refractivity contribution in [3.63, 3.8) is 0 Å². The number of unbranched alkanes of at least 4 members (excludes halogenated alkanes) is 2. The fourth-order valence-electron chi connectivity index (χ4n) is 3.80. The van der Waals surface area contributed by atoms with E-state index in [1.165, 1.54) is 47.2 Å². The van der Waals surface area contributed by atoms with Gasteiger partial charge in [-0.05, 0) is 59.1 Å². The standard InChI is InChI=1S/C24H31NO/c1-3-5-15-25(16-6-4-2)18-23(26)24-21-13-9-7-11-19(21)17-20-12-8-10-14-22(20)24/h7-14,17,23,26H,3-6,15-16,18H2,1-2H3. The first-order valence-electron chi connectivity index (χ1n) is 10.1. The van der Waals surface area contributed by atoms with Crippen LogP contribution in [-0.4, -0.2) is 29.6 Å². The van der Waals surface area contributed by atoms with Gasteiger partial charge in [-0.3, -0.25) is 0 Å². The molecular weight excluding hydrogens is 318 g/mol. The molecule has 0 amide bonds. The zero-order chi connectivity index (χ0) is 18.4. The molecule has 2 heteroatoms. The smallest absolute Gasteiger partial charge is 0.0928 e. The van der Waals surface area contributed by atoms with Crippen LogP contribution in [0.5, 0.6) is 0 Å². The Balaban J connectivity index is 1.98. The van der Waals surface area contributed by atoms with Crippen molar-refractivity contribution in [1.82, 2.24) is 4.90 Å². The summed E-state index contributed by atoms with van der Waals surface area (Å²) in [5.41, 5.74) is 1.08. The third kappa shape index (κ3) is 4.25. The molecule has 2 nitrogen and oxygen atoms in total.